The molecule has 0 spiro atoms. The normalized spacial score (nSPS) is 12.1. The Bertz CT molecular complexity index is 725. The minimum absolute atomic E-state index is 0.172. The number of hydrogen-bond acceptors (Lipinski definition) is 3. The highest BCUT2D eigenvalue weighted by Gasteiger charge is 2.11. The number of anilines is 1. The Hall–Kier alpha value is -2.14. The summed E-state index contributed by atoms with van der Waals surface area (Å²) in [6.07, 6.45) is 3.51. The average molecular weight is 343 g/mol. The standard InChI is InChI=1S/C16H15BrN4/c1-12(13-6-2-3-7-14(13)17)19-15-8-4-5-9-16(15)21-11-10-18-20-21/h2-12,19H,1H3. The zero-order valence-electron chi connectivity index (χ0n) is 11.6. The third-order valence-electron chi connectivity index (χ3n) is 3.32. The molecule has 3 aromatic rings. The Kier molecular flexibility index (Phi) is 4.01. The van der Waals surface area contributed by atoms with Crippen molar-refractivity contribution < 1.29 is 0 Å². The first-order valence-corrected chi connectivity index (χ1v) is 7.51. The second-order valence-electron chi connectivity index (χ2n) is 4.75. The number of halogens is 1. The van der Waals surface area contributed by atoms with Crippen LogP contribution < -0.4 is 5.32 Å². The van der Waals surface area contributed by atoms with Gasteiger partial charge >= 0.3 is 0 Å². The molecule has 1 atom stereocenters. The van der Waals surface area contributed by atoms with Crippen LogP contribution in [0.25, 0.3) is 5.69 Å². The van der Waals surface area contributed by atoms with E-state index in [1.165, 1.54) is 5.56 Å². The molecular weight excluding hydrogens is 328 g/mol. The lowest BCUT2D eigenvalue weighted by molar-refractivity contribution is 0.797. The molecule has 0 aliphatic heterocycles. The van der Waals surface area contributed by atoms with Crippen molar-refractivity contribution in [3.63, 3.8) is 0 Å². The van der Waals surface area contributed by atoms with E-state index in [0.717, 1.165) is 15.8 Å². The largest absolute Gasteiger partial charge is 0.377 e. The summed E-state index contributed by atoms with van der Waals surface area (Å²) in [5.41, 5.74) is 3.21. The summed E-state index contributed by atoms with van der Waals surface area (Å²) in [7, 11) is 0. The van der Waals surface area contributed by atoms with Crippen LogP contribution in [0.1, 0.15) is 18.5 Å². The van der Waals surface area contributed by atoms with Crippen molar-refractivity contribution in [3.8, 4) is 5.69 Å². The van der Waals surface area contributed by atoms with Crippen LogP contribution in [0, 0.1) is 0 Å². The van der Waals surface area contributed by atoms with Crippen LogP contribution in [0.2, 0.25) is 0 Å². The zero-order chi connectivity index (χ0) is 14.7. The molecule has 2 aromatic carbocycles. The predicted molar refractivity (Wildman–Crippen MR) is 87.5 cm³/mol. The Morgan fingerprint density at radius 3 is 2.62 bits per heavy atom. The van der Waals surface area contributed by atoms with Gasteiger partial charge in [0.05, 0.1) is 23.8 Å². The van der Waals surface area contributed by atoms with E-state index in [4.69, 9.17) is 0 Å². The van der Waals surface area contributed by atoms with Crippen molar-refractivity contribution in [2.24, 2.45) is 0 Å². The number of rotatable bonds is 4. The first-order chi connectivity index (χ1) is 10.3. The molecule has 21 heavy (non-hydrogen) atoms. The molecule has 3 rings (SSSR count). The molecule has 1 N–H and O–H groups in total. The van der Waals surface area contributed by atoms with Gasteiger partial charge in [-0.3, -0.25) is 0 Å². The van der Waals surface area contributed by atoms with Crippen molar-refractivity contribution in [1.29, 1.82) is 0 Å². The van der Waals surface area contributed by atoms with Crippen LogP contribution in [-0.2, 0) is 0 Å². The monoisotopic (exact) mass is 342 g/mol. The molecule has 4 nitrogen and oxygen atoms in total. The molecule has 0 amide bonds. The van der Waals surface area contributed by atoms with Crippen molar-refractivity contribution in [2.45, 2.75) is 13.0 Å². The van der Waals surface area contributed by atoms with Gasteiger partial charge < -0.3 is 5.32 Å². The van der Waals surface area contributed by atoms with E-state index in [1.807, 2.05) is 42.6 Å². The fourth-order valence-corrected chi connectivity index (χ4v) is 2.90. The minimum Gasteiger partial charge on any atom is -0.377 e. The van der Waals surface area contributed by atoms with Gasteiger partial charge in [-0.2, -0.15) is 0 Å². The van der Waals surface area contributed by atoms with E-state index in [9.17, 15) is 0 Å². The molecular formula is C16H15BrN4. The van der Waals surface area contributed by atoms with Crippen LogP contribution in [0.5, 0.6) is 0 Å². The smallest absolute Gasteiger partial charge is 0.0894 e. The molecule has 0 saturated heterocycles. The average Bonchev–Trinajstić information content (AvgIpc) is 3.02. The molecule has 0 aliphatic carbocycles. The SMILES string of the molecule is CC(Nc1ccccc1-n1ccnn1)c1ccccc1Br. The van der Waals surface area contributed by atoms with E-state index in [1.54, 1.807) is 10.9 Å². The topological polar surface area (TPSA) is 42.7 Å². The van der Waals surface area contributed by atoms with E-state index in [0.29, 0.717) is 0 Å². The summed E-state index contributed by atoms with van der Waals surface area (Å²) in [4.78, 5) is 0. The molecule has 1 unspecified atom stereocenters. The van der Waals surface area contributed by atoms with Gasteiger partial charge in [0.25, 0.3) is 0 Å². The second kappa shape index (κ2) is 6.10. The van der Waals surface area contributed by atoms with Crippen LogP contribution >= 0.6 is 15.9 Å². The summed E-state index contributed by atoms with van der Waals surface area (Å²) in [5, 5.41) is 11.5. The number of para-hydroxylation sites is 2. The van der Waals surface area contributed by atoms with Crippen LogP contribution in [-0.4, -0.2) is 15.0 Å². The third-order valence-corrected chi connectivity index (χ3v) is 4.04. The summed E-state index contributed by atoms with van der Waals surface area (Å²) >= 11 is 3.60. The Morgan fingerprint density at radius 2 is 1.86 bits per heavy atom. The van der Waals surface area contributed by atoms with E-state index < -0.39 is 0 Å². The van der Waals surface area contributed by atoms with Gasteiger partial charge in [-0.15, -0.1) is 5.10 Å². The fourth-order valence-electron chi connectivity index (χ4n) is 2.27. The highest BCUT2D eigenvalue weighted by atomic mass is 79.9. The maximum atomic E-state index is 4.06. The Morgan fingerprint density at radius 1 is 1.10 bits per heavy atom. The molecule has 1 aromatic heterocycles. The highest BCUT2D eigenvalue weighted by Crippen LogP contribution is 2.28. The molecule has 5 heteroatoms. The zero-order valence-corrected chi connectivity index (χ0v) is 13.2. The maximum absolute atomic E-state index is 4.06. The first-order valence-electron chi connectivity index (χ1n) is 6.72. The van der Waals surface area contributed by atoms with Crippen LogP contribution in [0.3, 0.4) is 0 Å². The lowest BCUT2D eigenvalue weighted by atomic mass is 10.1. The van der Waals surface area contributed by atoms with Crippen molar-refractivity contribution >= 4 is 21.6 Å². The predicted octanol–water partition coefficient (Wildman–Crippen LogP) is 4.20. The van der Waals surface area contributed by atoms with Gasteiger partial charge in [-0.1, -0.05) is 51.5 Å². The van der Waals surface area contributed by atoms with Crippen molar-refractivity contribution in [1.82, 2.24) is 15.0 Å². The summed E-state index contributed by atoms with van der Waals surface area (Å²) in [5.74, 6) is 0. The molecule has 0 bridgehead atoms. The van der Waals surface area contributed by atoms with E-state index >= 15 is 0 Å². The first kappa shape index (κ1) is 13.8. The minimum atomic E-state index is 0.172. The van der Waals surface area contributed by atoms with Gasteiger partial charge in [0.2, 0.25) is 0 Å². The Balaban J connectivity index is 1.91. The molecule has 106 valence electrons. The van der Waals surface area contributed by atoms with E-state index in [2.05, 4.69) is 50.6 Å². The lowest BCUT2D eigenvalue weighted by Crippen LogP contribution is -2.10. The van der Waals surface area contributed by atoms with Crippen LogP contribution in [0.15, 0.2) is 65.4 Å². The number of benzene rings is 2. The molecule has 0 saturated carbocycles. The van der Waals surface area contributed by atoms with Crippen molar-refractivity contribution in [3.05, 3.63) is 71.0 Å². The van der Waals surface area contributed by atoms with Gasteiger partial charge in [-0.25, -0.2) is 4.68 Å². The number of nitrogens with zero attached hydrogens (tertiary/aromatic N) is 3. The number of nitrogens with one attached hydrogen (secondary N) is 1. The fraction of sp³-hybridized carbons (Fsp3) is 0.125. The third kappa shape index (κ3) is 2.97. The van der Waals surface area contributed by atoms with Crippen LogP contribution in [0.4, 0.5) is 5.69 Å². The van der Waals surface area contributed by atoms with Gasteiger partial charge in [0.1, 0.15) is 0 Å². The Labute approximate surface area is 131 Å². The van der Waals surface area contributed by atoms with Gasteiger partial charge in [-0.05, 0) is 30.7 Å². The highest BCUT2D eigenvalue weighted by molar-refractivity contribution is 9.10. The summed E-state index contributed by atoms with van der Waals surface area (Å²) in [6, 6.07) is 16.5. The number of hydrogen-bond donors (Lipinski definition) is 1. The van der Waals surface area contributed by atoms with Gasteiger partial charge in [0.15, 0.2) is 0 Å². The van der Waals surface area contributed by atoms with Crippen molar-refractivity contribution in [2.75, 3.05) is 5.32 Å². The maximum Gasteiger partial charge on any atom is 0.0894 e. The summed E-state index contributed by atoms with van der Waals surface area (Å²) < 4.78 is 2.86. The quantitative estimate of drug-likeness (QED) is 0.772. The number of aromatic nitrogens is 3. The summed E-state index contributed by atoms with van der Waals surface area (Å²) in [6.45, 7) is 2.14. The molecule has 0 radical (unpaired) electrons. The molecule has 0 fully saturated rings. The van der Waals surface area contributed by atoms with Gasteiger partial charge in [0, 0.05) is 10.5 Å². The molecule has 0 aliphatic rings. The van der Waals surface area contributed by atoms with E-state index in [-0.39, 0.29) is 6.04 Å². The second-order valence-corrected chi connectivity index (χ2v) is 5.61. The lowest BCUT2D eigenvalue weighted by Gasteiger charge is -2.19. The molecule has 1 heterocycles.